The topological polar surface area (TPSA) is 58.6 Å². The Morgan fingerprint density at radius 2 is 1.74 bits per heavy atom. The molecule has 0 spiro atoms. The molecule has 0 radical (unpaired) electrons. The molecular formula is C21H12ClF3N2O3S. The van der Waals surface area contributed by atoms with Crippen LogP contribution in [0.3, 0.4) is 0 Å². The minimum atomic E-state index is -4.86. The van der Waals surface area contributed by atoms with E-state index in [1.807, 2.05) is 0 Å². The average Bonchev–Trinajstić information content (AvgIpc) is 3.28. The van der Waals surface area contributed by atoms with Gasteiger partial charge in [-0.1, -0.05) is 29.8 Å². The van der Waals surface area contributed by atoms with E-state index in [2.05, 4.69) is 10.1 Å². The molecule has 0 fully saturated rings. The van der Waals surface area contributed by atoms with Gasteiger partial charge in [-0.05, 0) is 41.8 Å². The summed E-state index contributed by atoms with van der Waals surface area (Å²) in [6.07, 6.45) is -4.86. The number of carbonyl (C=O) groups excluding carboxylic acids is 2. The zero-order valence-electron chi connectivity index (χ0n) is 15.4. The van der Waals surface area contributed by atoms with Gasteiger partial charge in [-0.2, -0.15) is 0 Å². The van der Waals surface area contributed by atoms with Crippen LogP contribution in [0.25, 0.3) is 5.57 Å². The van der Waals surface area contributed by atoms with Crippen LogP contribution in [0.4, 0.5) is 24.5 Å². The van der Waals surface area contributed by atoms with Gasteiger partial charge in [0.1, 0.15) is 11.4 Å². The number of hydrogen-bond acceptors (Lipinski definition) is 5. The Hall–Kier alpha value is -3.30. The molecule has 1 aromatic heterocycles. The summed E-state index contributed by atoms with van der Waals surface area (Å²) >= 11 is 7.26. The lowest BCUT2D eigenvalue weighted by Gasteiger charge is -2.16. The smallest absolute Gasteiger partial charge is 0.406 e. The Bertz CT molecular complexity index is 1190. The third-order valence-corrected chi connectivity index (χ3v) is 5.38. The van der Waals surface area contributed by atoms with Crippen LogP contribution in [0, 0.1) is 0 Å². The highest BCUT2D eigenvalue weighted by atomic mass is 35.5. The second-order valence-corrected chi connectivity index (χ2v) is 7.74. The van der Waals surface area contributed by atoms with E-state index in [1.165, 1.54) is 29.5 Å². The summed E-state index contributed by atoms with van der Waals surface area (Å²) in [6.45, 7) is 0. The molecule has 0 aliphatic carbocycles. The van der Waals surface area contributed by atoms with E-state index < -0.39 is 23.9 Å². The standard InChI is InChI=1S/C21H12ClF3N2O3S/c22-12-4-1-6-14(10-12)27-19(28)17(16-8-3-9-31-16)18(20(27)29)26-13-5-2-7-15(11-13)30-21(23,24)25/h1-11,26H. The molecular weight excluding hydrogens is 453 g/mol. The van der Waals surface area contributed by atoms with E-state index in [-0.39, 0.29) is 22.6 Å². The minimum absolute atomic E-state index is 0.0587. The van der Waals surface area contributed by atoms with Crippen LogP contribution in [0.1, 0.15) is 4.88 Å². The molecule has 0 saturated heterocycles. The summed E-state index contributed by atoms with van der Waals surface area (Å²) in [5.74, 6) is -1.68. The van der Waals surface area contributed by atoms with Gasteiger partial charge in [-0.3, -0.25) is 9.59 Å². The molecule has 2 aromatic carbocycles. The second kappa shape index (κ2) is 8.09. The van der Waals surface area contributed by atoms with E-state index in [0.717, 1.165) is 17.0 Å². The van der Waals surface area contributed by atoms with Crippen molar-refractivity contribution in [3.05, 3.63) is 81.6 Å². The molecule has 3 aromatic rings. The third-order valence-electron chi connectivity index (χ3n) is 4.25. The van der Waals surface area contributed by atoms with Gasteiger partial charge in [-0.25, -0.2) is 4.90 Å². The number of imide groups is 1. The zero-order chi connectivity index (χ0) is 22.2. The van der Waals surface area contributed by atoms with E-state index in [4.69, 9.17) is 11.6 Å². The van der Waals surface area contributed by atoms with Crippen LogP contribution in [-0.2, 0) is 9.59 Å². The largest absolute Gasteiger partial charge is 0.573 e. The van der Waals surface area contributed by atoms with Crippen molar-refractivity contribution in [2.75, 3.05) is 10.2 Å². The molecule has 1 aliphatic heterocycles. The highest BCUT2D eigenvalue weighted by Crippen LogP contribution is 2.36. The molecule has 158 valence electrons. The van der Waals surface area contributed by atoms with Crippen molar-refractivity contribution in [3.8, 4) is 5.75 Å². The molecule has 1 aliphatic rings. The van der Waals surface area contributed by atoms with Crippen molar-refractivity contribution in [1.82, 2.24) is 0 Å². The minimum Gasteiger partial charge on any atom is -0.406 e. The van der Waals surface area contributed by atoms with Gasteiger partial charge in [-0.15, -0.1) is 24.5 Å². The number of ether oxygens (including phenoxy) is 1. The molecule has 0 bridgehead atoms. The fourth-order valence-electron chi connectivity index (χ4n) is 3.06. The Morgan fingerprint density at radius 1 is 0.968 bits per heavy atom. The second-order valence-electron chi connectivity index (χ2n) is 6.35. The summed E-state index contributed by atoms with van der Waals surface area (Å²) < 4.78 is 41.6. The van der Waals surface area contributed by atoms with Crippen LogP contribution < -0.4 is 15.0 Å². The quantitative estimate of drug-likeness (QED) is 0.492. The number of nitrogens with one attached hydrogen (secondary N) is 1. The van der Waals surface area contributed by atoms with Crippen molar-refractivity contribution in [1.29, 1.82) is 0 Å². The summed E-state index contributed by atoms with van der Waals surface area (Å²) in [7, 11) is 0. The van der Waals surface area contributed by atoms with Crippen LogP contribution in [0.5, 0.6) is 5.75 Å². The van der Waals surface area contributed by atoms with E-state index >= 15 is 0 Å². The van der Waals surface area contributed by atoms with Gasteiger partial charge in [0.15, 0.2) is 0 Å². The summed E-state index contributed by atoms with van der Waals surface area (Å²) in [6, 6.07) is 14.7. The number of benzene rings is 2. The Labute approximate surface area is 183 Å². The van der Waals surface area contributed by atoms with Crippen LogP contribution in [-0.4, -0.2) is 18.2 Å². The molecule has 0 saturated carbocycles. The first-order chi connectivity index (χ1) is 14.7. The molecule has 2 heterocycles. The van der Waals surface area contributed by atoms with E-state index in [9.17, 15) is 22.8 Å². The Morgan fingerprint density at radius 3 is 2.42 bits per heavy atom. The number of thiophene rings is 1. The van der Waals surface area contributed by atoms with Crippen molar-refractivity contribution < 1.29 is 27.5 Å². The molecule has 0 unspecified atom stereocenters. The van der Waals surface area contributed by atoms with Crippen molar-refractivity contribution in [3.63, 3.8) is 0 Å². The van der Waals surface area contributed by atoms with Gasteiger partial charge in [0, 0.05) is 21.7 Å². The molecule has 2 amide bonds. The van der Waals surface area contributed by atoms with Gasteiger partial charge >= 0.3 is 6.36 Å². The molecule has 1 N–H and O–H groups in total. The Kier molecular flexibility index (Phi) is 5.47. The fourth-order valence-corrected chi connectivity index (χ4v) is 4.01. The monoisotopic (exact) mass is 464 g/mol. The maximum absolute atomic E-state index is 13.2. The summed E-state index contributed by atoms with van der Waals surface area (Å²) in [4.78, 5) is 27.9. The number of hydrogen-bond donors (Lipinski definition) is 1. The first kappa shape index (κ1) is 21.0. The number of anilines is 2. The molecule has 4 rings (SSSR count). The van der Waals surface area contributed by atoms with Crippen LogP contribution >= 0.6 is 22.9 Å². The predicted molar refractivity (Wildman–Crippen MR) is 112 cm³/mol. The summed E-state index contributed by atoms with van der Waals surface area (Å²) in [5, 5.41) is 4.88. The number of amides is 2. The zero-order valence-corrected chi connectivity index (χ0v) is 17.0. The first-order valence-electron chi connectivity index (χ1n) is 8.78. The van der Waals surface area contributed by atoms with E-state index in [0.29, 0.717) is 9.90 Å². The molecule has 31 heavy (non-hydrogen) atoms. The lowest BCUT2D eigenvalue weighted by atomic mass is 10.2. The van der Waals surface area contributed by atoms with E-state index in [1.54, 1.807) is 35.7 Å². The lowest BCUT2D eigenvalue weighted by molar-refractivity contribution is -0.274. The number of nitrogens with zero attached hydrogens (tertiary/aromatic N) is 1. The van der Waals surface area contributed by atoms with Crippen LogP contribution in [0.2, 0.25) is 5.02 Å². The molecule has 5 nitrogen and oxygen atoms in total. The molecule has 0 atom stereocenters. The number of carbonyl (C=O) groups is 2. The first-order valence-corrected chi connectivity index (χ1v) is 10.0. The van der Waals surface area contributed by atoms with Gasteiger partial charge in [0.25, 0.3) is 11.8 Å². The van der Waals surface area contributed by atoms with Gasteiger partial charge in [0.05, 0.1) is 11.3 Å². The van der Waals surface area contributed by atoms with Crippen molar-refractivity contribution >= 4 is 51.7 Å². The van der Waals surface area contributed by atoms with Crippen molar-refractivity contribution in [2.24, 2.45) is 0 Å². The SMILES string of the molecule is O=C1C(Nc2cccc(OC(F)(F)F)c2)=C(c2cccs2)C(=O)N1c1cccc(Cl)c1. The number of rotatable bonds is 5. The highest BCUT2D eigenvalue weighted by Gasteiger charge is 2.41. The highest BCUT2D eigenvalue weighted by molar-refractivity contribution is 7.11. The summed E-state index contributed by atoms with van der Waals surface area (Å²) in [5.41, 5.74) is 0.487. The van der Waals surface area contributed by atoms with Gasteiger partial charge in [0.2, 0.25) is 0 Å². The molecule has 10 heteroatoms. The lowest BCUT2D eigenvalue weighted by Crippen LogP contribution is -2.32. The maximum Gasteiger partial charge on any atom is 0.573 e. The third kappa shape index (κ3) is 4.42. The predicted octanol–water partition coefficient (Wildman–Crippen LogP) is 5.70. The number of alkyl halides is 3. The van der Waals surface area contributed by atoms with Crippen LogP contribution in [0.15, 0.2) is 71.7 Å². The Balaban J connectivity index is 1.74. The normalized spacial score (nSPS) is 14.4. The van der Waals surface area contributed by atoms with Crippen molar-refractivity contribution in [2.45, 2.75) is 6.36 Å². The average molecular weight is 465 g/mol. The van der Waals surface area contributed by atoms with Gasteiger partial charge < -0.3 is 10.1 Å². The fraction of sp³-hybridized carbons (Fsp3) is 0.0476. The maximum atomic E-state index is 13.2. The number of halogens is 4.